The van der Waals surface area contributed by atoms with Gasteiger partial charge < -0.3 is 13.9 Å². The fourth-order valence-corrected chi connectivity index (χ4v) is 3.74. The molecule has 0 spiro atoms. The average Bonchev–Trinajstić information content (AvgIpc) is 3.18. The molecule has 7 heteroatoms. The number of benzene rings is 2. The number of furan rings is 1. The van der Waals surface area contributed by atoms with Crippen molar-refractivity contribution in [2.75, 3.05) is 24.7 Å². The van der Waals surface area contributed by atoms with Gasteiger partial charge in [0.2, 0.25) is 0 Å². The number of esters is 1. The number of rotatable bonds is 7. The van der Waals surface area contributed by atoms with Gasteiger partial charge in [-0.2, -0.15) is 5.26 Å². The Hall–Kier alpha value is -3.79. The SMILES string of the molecule is N#CCN(C(=O)COC(=O)COc1ccc2oc3c(c2c1)CCCC3)c1ccccc1. The number of anilines is 1. The molecule has 1 aliphatic carbocycles. The van der Waals surface area contributed by atoms with E-state index < -0.39 is 18.5 Å². The minimum atomic E-state index is -0.660. The lowest BCUT2D eigenvalue weighted by Gasteiger charge is -2.19. The first-order valence-corrected chi connectivity index (χ1v) is 10.2. The van der Waals surface area contributed by atoms with Crippen molar-refractivity contribution < 1.29 is 23.5 Å². The van der Waals surface area contributed by atoms with E-state index in [9.17, 15) is 9.59 Å². The number of carbonyl (C=O) groups excluding carboxylic acids is 2. The minimum Gasteiger partial charge on any atom is -0.482 e. The molecular weight excluding hydrogens is 396 g/mol. The summed E-state index contributed by atoms with van der Waals surface area (Å²) in [6, 6.07) is 16.2. The normalized spacial score (nSPS) is 12.6. The molecule has 1 aromatic heterocycles. The van der Waals surface area contributed by atoms with Crippen LogP contribution in [0.2, 0.25) is 0 Å². The van der Waals surface area contributed by atoms with Crippen LogP contribution < -0.4 is 9.64 Å². The number of amides is 1. The van der Waals surface area contributed by atoms with Gasteiger partial charge in [0, 0.05) is 23.1 Å². The molecule has 0 saturated carbocycles. The molecule has 1 amide bonds. The number of nitriles is 1. The lowest BCUT2D eigenvalue weighted by Crippen LogP contribution is -2.35. The summed E-state index contributed by atoms with van der Waals surface area (Å²) in [6.07, 6.45) is 4.21. The number of aryl methyl sites for hydroxylation is 2. The number of nitrogens with zero attached hydrogens (tertiary/aromatic N) is 2. The van der Waals surface area contributed by atoms with Crippen molar-refractivity contribution in [1.29, 1.82) is 5.26 Å². The van der Waals surface area contributed by atoms with Crippen molar-refractivity contribution in [2.24, 2.45) is 0 Å². The molecule has 0 radical (unpaired) electrons. The molecule has 3 aromatic rings. The first-order chi connectivity index (χ1) is 15.2. The third-order valence-electron chi connectivity index (χ3n) is 5.24. The van der Waals surface area contributed by atoms with Gasteiger partial charge in [-0.15, -0.1) is 0 Å². The molecule has 0 aliphatic heterocycles. The third kappa shape index (κ3) is 4.69. The van der Waals surface area contributed by atoms with E-state index in [4.69, 9.17) is 19.2 Å². The molecule has 0 bridgehead atoms. The zero-order chi connectivity index (χ0) is 21.6. The maximum Gasteiger partial charge on any atom is 0.344 e. The van der Waals surface area contributed by atoms with Crippen molar-refractivity contribution >= 4 is 28.5 Å². The Labute approximate surface area is 179 Å². The van der Waals surface area contributed by atoms with Gasteiger partial charge >= 0.3 is 5.97 Å². The average molecular weight is 418 g/mol. The Balaban J connectivity index is 1.33. The van der Waals surface area contributed by atoms with E-state index in [0.717, 1.165) is 42.4 Å². The number of ether oxygens (including phenoxy) is 2. The molecule has 158 valence electrons. The zero-order valence-electron chi connectivity index (χ0n) is 17.0. The molecule has 0 fully saturated rings. The van der Waals surface area contributed by atoms with Gasteiger partial charge in [0.05, 0.1) is 6.07 Å². The van der Waals surface area contributed by atoms with E-state index in [1.54, 1.807) is 30.3 Å². The first-order valence-electron chi connectivity index (χ1n) is 10.2. The van der Waals surface area contributed by atoms with E-state index in [2.05, 4.69) is 0 Å². The maximum absolute atomic E-state index is 12.4. The molecule has 0 saturated heterocycles. The first kappa shape index (κ1) is 20.5. The zero-order valence-corrected chi connectivity index (χ0v) is 17.0. The minimum absolute atomic E-state index is 0.133. The summed E-state index contributed by atoms with van der Waals surface area (Å²) < 4.78 is 16.5. The van der Waals surface area contributed by atoms with Crippen molar-refractivity contribution in [1.82, 2.24) is 0 Å². The Kier molecular flexibility index (Phi) is 6.18. The van der Waals surface area contributed by atoms with Crippen LogP contribution in [0.5, 0.6) is 5.75 Å². The van der Waals surface area contributed by atoms with Crippen LogP contribution in [0, 0.1) is 11.3 Å². The summed E-state index contributed by atoms with van der Waals surface area (Å²) in [5.41, 5.74) is 2.61. The molecule has 0 N–H and O–H groups in total. The van der Waals surface area contributed by atoms with Crippen LogP contribution in [0.25, 0.3) is 11.0 Å². The summed E-state index contributed by atoms with van der Waals surface area (Å²) in [4.78, 5) is 25.8. The fraction of sp³-hybridized carbons (Fsp3) is 0.292. The highest BCUT2D eigenvalue weighted by atomic mass is 16.6. The van der Waals surface area contributed by atoms with Gasteiger partial charge in [0.1, 0.15) is 23.6 Å². The molecule has 4 rings (SSSR count). The van der Waals surface area contributed by atoms with E-state index in [-0.39, 0.29) is 13.2 Å². The topological polar surface area (TPSA) is 92.8 Å². The Morgan fingerprint density at radius 3 is 2.68 bits per heavy atom. The molecule has 1 aliphatic rings. The van der Waals surface area contributed by atoms with Gasteiger partial charge in [-0.3, -0.25) is 9.69 Å². The van der Waals surface area contributed by atoms with E-state index in [1.165, 1.54) is 10.5 Å². The van der Waals surface area contributed by atoms with Crippen LogP contribution in [0.4, 0.5) is 5.69 Å². The van der Waals surface area contributed by atoms with Gasteiger partial charge in [-0.05, 0) is 49.6 Å². The van der Waals surface area contributed by atoms with Crippen molar-refractivity contribution in [2.45, 2.75) is 25.7 Å². The smallest absolute Gasteiger partial charge is 0.344 e. The van der Waals surface area contributed by atoms with Crippen LogP contribution >= 0.6 is 0 Å². The van der Waals surface area contributed by atoms with E-state index in [0.29, 0.717) is 11.4 Å². The van der Waals surface area contributed by atoms with Crippen molar-refractivity contribution in [3.8, 4) is 11.8 Å². The van der Waals surface area contributed by atoms with Crippen molar-refractivity contribution in [3.63, 3.8) is 0 Å². The molecule has 0 unspecified atom stereocenters. The van der Waals surface area contributed by atoms with Crippen LogP contribution in [-0.4, -0.2) is 31.6 Å². The maximum atomic E-state index is 12.4. The van der Waals surface area contributed by atoms with E-state index >= 15 is 0 Å². The van der Waals surface area contributed by atoms with E-state index in [1.807, 2.05) is 24.3 Å². The fourth-order valence-electron chi connectivity index (χ4n) is 3.74. The summed E-state index contributed by atoms with van der Waals surface area (Å²) in [6.45, 7) is -0.915. The Bertz CT molecular complexity index is 1130. The Morgan fingerprint density at radius 2 is 1.87 bits per heavy atom. The molecule has 7 nitrogen and oxygen atoms in total. The van der Waals surface area contributed by atoms with Gasteiger partial charge in [0.15, 0.2) is 13.2 Å². The predicted molar refractivity (Wildman–Crippen MR) is 114 cm³/mol. The summed E-state index contributed by atoms with van der Waals surface area (Å²) in [5, 5.41) is 10.0. The molecule has 1 heterocycles. The highest BCUT2D eigenvalue weighted by Crippen LogP contribution is 2.33. The van der Waals surface area contributed by atoms with Gasteiger partial charge in [-0.25, -0.2) is 4.79 Å². The second-order valence-electron chi connectivity index (χ2n) is 7.29. The lowest BCUT2D eigenvalue weighted by molar-refractivity contribution is -0.149. The monoisotopic (exact) mass is 418 g/mol. The standard InChI is InChI=1S/C24H22N2O5/c25-12-13-26(17-6-2-1-3-7-17)23(27)15-30-24(28)16-29-18-10-11-22-20(14-18)19-8-4-5-9-21(19)31-22/h1-3,6-7,10-11,14H,4-5,8-9,13,15-16H2. The predicted octanol–water partition coefficient (Wildman–Crippen LogP) is 3.79. The van der Waals surface area contributed by atoms with Crippen LogP contribution in [0.3, 0.4) is 0 Å². The number of hydrogen-bond donors (Lipinski definition) is 0. The largest absolute Gasteiger partial charge is 0.482 e. The number of hydrogen-bond acceptors (Lipinski definition) is 6. The second kappa shape index (κ2) is 9.35. The highest BCUT2D eigenvalue weighted by molar-refractivity contribution is 5.95. The number of carbonyl (C=O) groups is 2. The third-order valence-corrected chi connectivity index (χ3v) is 5.24. The number of fused-ring (bicyclic) bond motifs is 3. The molecule has 0 atom stereocenters. The Morgan fingerprint density at radius 1 is 1.06 bits per heavy atom. The number of para-hydroxylation sites is 1. The summed E-state index contributed by atoms with van der Waals surface area (Å²) >= 11 is 0. The molecular formula is C24H22N2O5. The van der Waals surface area contributed by atoms with Gasteiger partial charge in [-0.1, -0.05) is 18.2 Å². The second-order valence-corrected chi connectivity index (χ2v) is 7.29. The molecule has 2 aromatic carbocycles. The summed E-state index contributed by atoms with van der Waals surface area (Å²) in [5.74, 6) is 0.442. The molecule has 31 heavy (non-hydrogen) atoms. The summed E-state index contributed by atoms with van der Waals surface area (Å²) in [7, 11) is 0. The lowest BCUT2D eigenvalue weighted by atomic mass is 9.96. The highest BCUT2D eigenvalue weighted by Gasteiger charge is 2.19. The van der Waals surface area contributed by atoms with Crippen LogP contribution in [0.15, 0.2) is 52.9 Å². The van der Waals surface area contributed by atoms with Crippen LogP contribution in [0.1, 0.15) is 24.2 Å². The van der Waals surface area contributed by atoms with Crippen molar-refractivity contribution in [3.05, 3.63) is 59.9 Å². The van der Waals surface area contributed by atoms with Gasteiger partial charge in [0.25, 0.3) is 5.91 Å². The van der Waals surface area contributed by atoms with Crippen LogP contribution in [-0.2, 0) is 27.2 Å². The quantitative estimate of drug-likeness (QED) is 0.428.